The van der Waals surface area contributed by atoms with Crippen molar-refractivity contribution >= 4 is 56.5 Å². The topological polar surface area (TPSA) is 0 Å². The number of hydrogen-bond donors (Lipinski definition) is 0. The van der Waals surface area contributed by atoms with E-state index in [4.69, 9.17) is 41.9 Å². The van der Waals surface area contributed by atoms with E-state index in [1.54, 1.807) is 24.3 Å². The molecule has 0 aliphatic carbocycles. The Balaban J connectivity index is 2.99. The van der Waals surface area contributed by atoms with E-state index in [0.717, 1.165) is 4.46 Å². The third kappa shape index (κ3) is 3.02. The first kappa shape index (κ1) is 9.98. The molecule has 0 atom stereocenters. The predicted molar refractivity (Wildman–Crippen MR) is 54.4 cm³/mol. The van der Waals surface area contributed by atoms with Crippen LogP contribution in [0.3, 0.4) is 0 Å². The van der Waals surface area contributed by atoms with E-state index in [0.29, 0.717) is 5.02 Å². The van der Waals surface area contributed by atoms with Gasteiger partial charge in [-0.25, -0.2) is 0 Å². The van der Waals surface area contributed by atoms with Gasteiger partial charge in [0.1, 0.15) is 0 Å². The van der Waals surface area contributed by atoms with Crippen LogP contribution in [0.2, 0.25) is 5.02 Å². The SMILES string of the molecule is Clc1ccc([Se](Cl)(Cl)Cl)cc1. The van der Waals surface area contributed by atoms with Crippen molar-refractivity contribution < 1.29 is 0 Å². The summed E-state index contributed by atoms with van der Waals surface area (Å²) in [6.45, 7) is 0. The van der Waals surface area contributed by atoms with Crippen molar-refractivity contribution in [2.45, 2.75) is 0 Å². The molecule has 62 valence electrons. The van der Waals surface area contributed by atoms with Crippen LogP contribution in [0.5, 0.6) is 0 Å². The summed E-state index contributed by atoms with van der Waals surface area (Å²) >= 11 is 5.65. The van der Waals surface area contributed by atoms with Crippen LogP contribution < -0.4 is 4.46 Å². The Morgan fingerprint density at radius 1 is 0.909 bits per heavy atom. The molecule has 11 heavy (non-hydrogen) atoms. The molecule has 0 bridgehead atoms. The zero-order valence-corrected chi connectivity index (χ0v) is 9.97. The fourth-order valence-electron chi connectivity index (χ4n) is 0.589. The molecule has 0 heterocycles. The normalized spacial score (nSPS) is 13.1. The molecule has 0 fully saturated rings. The van der Waals surface area contributed by atoms with Crippen LogP contribution >= 0.6 is 41.9 Å². The van der Waals surface area contributed by atoms with Crippen LogP contribution in [0.25, 0.3) is 0 Å². The van der Waals surface area contributed by atoms with Gasteiger partial charge in [-0.15, -0.1) is 0 Å². The first-order valence-electron chi connectivity index (χ1n) is 2.68. The summed E-state index contributed by atoms with van der Waals surface area (Å²) in [5.74, 6) is 0. The molecule has 0 radical (unpaired) electrons. The van der Waals surface area contributed by atoms with Crippen molar-refractivity contribution in [3.63, 3.8) is 0 Å². The molecule has 0 unspecified atom stereocenters. The van der Waals surface area contributed by atoms with E-state index < -0.39 is 10.1 Å². The summed E-state index contributed by atoms with van der Waals surface area (Å²) < 4.78 is 0.774. The molecule has 0 aliphatic heterocycles. The van der Waals surface area contributed by atoms with Gasteiger partial charge in [0.2, 0.25) is 0 Å². The van der Waals surface area contributed by atoms with Crippen LogP contribution in [0.15, 0.2) is 24.3 Å². The molecule has 0 aromatic heterocycles. The van der Waals surface area contributed by atoms with Gasteiger partial charge in [-0.2, -0.15) is 0 Å². The van der Waals surface area contributed by atoms with Gasteiger partial charge in [0.05, 0.1) is 0 Å². The third-order valence-corrected chi connectivity index (χ3v) is 5.80. The molecule has 5 heteroatoms. The molecule has 0 N–H and O–H groups in total. The number of rotatable bonds is 1. The van der Waals surface area contributed by atoms with Crippen LogP contribution in [-0.4, -0.2) is 10.1 Å². The van der Waals surface area contributed by atoms with Crippen molar-refractivity contribution in [3.8, 4) is 0 Å². The standard InChI is InChI=1S/C6H4Cl4Se/c7-5-1-3-6(4-2-5)11(8,9)10/h1-4H. The van der Waals surface area contributed by atoms with Crippen molar-refractivity contribution in [3.05, 3.63) is 29.3 Å². The average Bonchev–Trinajstić information content (AvgIpc) is 1.86. The van der Waals surface area contributed by atoms with E-state index >= 15 is 0 Å². The Morgan fingerprint density at radius 3 is 1.73 bits per heavy atom. The molecule has 1 rings (SSSR count). The van der Waals surface area contributed by atoms with Gasteiger partial charge in [0.15, 0.2) is 0 Å². The Morgan fingerprint density at radius 2 is 1.36 bits per heavy atom. The minimum atomic E-state index is -2.87. The number of benzene rings is 1. The van der Waals surface area contributed by atoms with Crippen molar-refractivity contribution in [2.75, 3.05) is 0 Å². The van der Waals surface area contributed by atoms with Crippen molar-refractivity contribution in [1.29, 1.82) is 0 Å². The summed E-state index contributed by atoms with van der Waals surface area (Å²) in [6, 6.07) is 6.93. The third-order valence-electron chi connectivity index (χ3n) is 1.08. The maximum absolute atomic E-state index is 5.75. The Kier molecular flexibility index (Phi) is 3.39. The first-order chi connectivity index (χ1) is 5.00. The quantitative estimate of drug-likeness (QED) is 0.698. The van der Waals surface area contributed by atoms with Crippen LogP contribution in [0.1, 0.15) is 0 Å². The molecule has 0 amide bonds. The Hall–Kier alpha value is 0.899. The average molecular weight is 297 g/mol. The fourth-order valence-corrected chi connectivity index (χ4v) is 3.25. The van der Waals surface area contributed by atoms with E-state index in [2.05, 4.69) is 0 Å². The molecule has 1 aromatic rings. The van der Waals surface area contributed by atoms with Crippen LogP contribution in [-0.2, 0) is 0 Å². The molecule has 0 saturated heterocycles. The second-order valence-corrected chi connectivity index (χ2v) is 14.7. The van der Waals surface area contributed by atoms with Crippen molar-refractivity contribution in [1.82, 2.24) is 0 Å². The summed E-state index contributed by atoms with van der Waals surface area (Å²) in [6.07, 6.45) is 0. The molecular weight excluding hydrogens is 293 g/mol. The van der Waals surface area contributed by atoms with Crippen LogP contribution in [0.4, 0.5) is 0 Å². The minimum absolute atomic E-state index is 0.653. The van der Waals surface area contributed by atoms with E-state index in [1.807, 2.05) is 0 Å². The summed E-state index contributed by atoms with van der Waals surface area (Å²) in [7, 11) is 14.4. The molecule has 1 aromatic carbocycles. The Labute approximate surface area is 85.3 Å². The first-order valence-corrected chi connectivity index (χ1v) is 10.7. The van der Waals surface area contributed by atoms with Gasteiger partial charge in [0.25, 0.3) is 0 Å². The molecular formula is C6H4Cl4Se. The molecule has 0 spiro atoms. The molecule has 0 nitrogen and oxygen atoms in total. The van der Waals surface area contributed by atoms with Gasteiger partial charge in [-0.1, -0.05) is 0 Å². The monoisotopic (exact) mass is 296 g/mol. The number of hydrogen-bond acceptors (Lipinski definition) is 0. The van der Waals surface area contributed by atoms with Gasteiger partial charge < -0.3 is 0 Å². The summed E-state index contributed by atoms with van der Waals surface area (Å²) in [5.41, 5.74) is 0. The van der Waals surface area contributed by atoms with E-state index in [9.17, 15) is 0 Å². The van der Waals surface area contributed by atoms with E-state index in [1.165, 1.54) is 0 Å². The second kappa shape index (κ2) is 3.74. The van der Waals surface area contributed by atoms with E-state index in [-0.39, 0.29) is 0 Å². The predicted octanol–water partition coefficient (Wildman–Crippen LogP) is 3.20. The zero-order valence-electron chi connectivity index (χ0n) is 5.23. The van der Waals surface area contributed by atoms with Crippen LogP contribution in [0, 0.1) is 0 Å². The van der Waals surface area contributed by atoms with Gasteiger partial charge in [0, 0.05) is 0 Å². The molecule has 0 saturated carbocycles. The summed E-state index contributed by atoms with van der Waals surface area (Å²) in [4.78, 5) is 0. The van der Waals surface area contributed by atoms with Gasteiger partial charge in [-0.05, 0) is 0 Å². The number of halogens is 4. The van der Waals surface area contributed by atoms with Crippen molar-refractivity contribution in [2.24, 2.45) is 0 Å². The maximum atomic E-state index is 5.75. The fraction of sp³-hybridized carbons (Fsp3) is 0. The van der Waals surface area contributed by atoms with Gasteiger partial charge >= 0.3 is 85.8 Å². The molecule has 0 aliphatic rings. The zero-order chi connectivity index (χ0) is 8.48. The second-order valence-electron chi connectivity index (χ2n) is 1.86. The Bertz CT molecular complexity index is 238. The summed E-state index contributed by atoms with van der Waals surface area (Å²) in [5, 5.41) is 0.653. The van der Waals surface area contributed by atoms with Gasteiger partial charge in [-0.3, -0.25) is 0 Å².